The molecule has 2 aromatic carbocycles. The van der Waals surface area contributed by atoms with Crippen LogP contribution in [0.3, 0.4) is 0 Å². The van der Waals surface area contributed by atoms with E-state index in [2.05, 4.69) is 0 Å². The fourth-order valence-electron chi connectivity index (χ4n) is 2.24. The predicted octanol–water partition coefficient (Wildman–Crippen LogP) is 3.79. The van der Waals surface area contributed by atoms with Gasteiger partial charge in [-0.1, -0.05) is 24.3 Å². The predicted molar refractivity (Wildman–Crippen MR) is 88.3 cm³/mol. The van der Waals surface area contributed by atoms with Crippen LogP contribution in [0.25, 0.3) is 5.69 Å². The maximum absolute atomic E-state index is 10.1. The summed E-state index contributed by atoms with van der Waals surface area (Å²) in [6.45, 7) is 1.99. The largest absolute Gasteiger partial charge is 0.506 e. The number of rotatable bonds is 3. The summed E-state index contributed by atoms with van der Waals surface area (Å²) in [5.41, 5.74) is 2.49. The monoisotopic (exact) mass is 312 g/mol. The minimum atomic E-state index is 0.227. The van der Waals surface area contributed by atoms with Gasteiger partial charge >= 0.3 is 0 Å². The second kappa shape index (κ2) is 6.07. The zero-order chi connectivity index (χ0) is 15.5. The topological polar surface area (TPSA) is 46.8 Å². The van der Waals surface area contributed by atoms with Gasteiger partial charge < -0.3 is 9.84 Å². The number of para-hydroxylation sites is 4. The molecular formula is C17H16N2O2S. The number of aromatic nitrogens is 1. The van der Waals surface area contributed by atoms with E-state index >= 15 is 0 Å². The summed E-state index contributed by atoms with van der Waals surface area (Å²) >= 11 is 1.52. The first-order valence-corrected chi connectivity index (χ1v) is 7.72. The molecule has 0 saturated carbocycles. The normalized spacial score (nSPS) is 11.6. The van der Waals surface area contributed by atoms with Crippen LogP contribution in [-0.2, 0) is 0 Å². The standard InChI is InChI=1S/C17H16N2O2S/c1-12-11-22-17(18-13-7-3-6-10-16(13)21-2)19(12)14-8-4-5-9-15(14)20/h3-11,20H,1-2H3. The van der Waals surface area contributed by atoms with E-state index in [-0.39, 0.29) is 5.75 Å². The molecule has 0 spiro atoms. The van der Waals surface area contributed by atoms with Crippen LogP contribution >= 0.6 is 11.3 Å². The first-order valence-electron chi connectivity index (χ1n) is 6.84. The highest BCUT2D eigenvalue weighted by Crippen LogP contribution is 2.27. The van der Waals surface area contributed by atoms with Gasteiger partial charge in [-0.3, -0.25) is 4.57 Å². The van der Waals surface area contributed by atoms with Gasteiger partial charge in [-0.2, -0.15) is 0 Å². The van der Waals surface area contributed by atoms with E-state index in [9.17, 15) is 5.11 Å². The number of nitrogens with zero attached hydrogens (tertiary/aromatic N) is 2. The first kappa shape index (κ1) is 14.4. The van der Waals surface area contributed by atoms with Crippen molar-refractivity contribution in [2.45, 2.75) is 6.92 Å². The summed E-state index contributed by atoms with van der Waals surface area (Å²) in [5.74, 6) is 0.947. The van der Waals surface area contributed by atoms with Crippen molar-refractivity contribution in [2.75, 3.05) is 7.11 Å². The number of ether oxygens (including phenoxy) is 1. The molecule has 22 heavy (non-hydrogen) atoms. The number of phenols is 1. The molecule has 4 nitrogen and oxygen atoms in total. The Balaban J connectivity index is 2.22. The second-order valence-electron chi connectivity index (χ2n) is 4.77. The summed E-state index contributed by atoms with van der Waals surface area (Å²) < 4.78 is 7.28. The van der Waals surface area contributed by atoms with Crippen LogP contribution in [0.4, 0.5) is 5.69 Å². The molecule has 3 aromatic rings. The third kappa shape index (κ3) is 2.63. The molecule has 0 atom stereocenters. The minimum absolute atomic E-state index is 0.227. The van der Waals surface area contributed by atoms with E-state index in [1.807, 2.05) is 53.3 Å². The van der Waals surface area contributed by atoms with E-state index in [1.165, 1.54) is 11.3 Å². The molecule has 0 amide bonds. The smallest absolute Gasteiger partial charge is 0.195 e. The molecule has 0 aliphatic rings. The Labute approximate surface area is 132 Å². The zero-order valence-corrected chi connectivity index (χ0v) is 13.2. The molecular weight excluding hydrogens is 296 g/mol. The van der Waals surface area contributed by atoms with Crippen molar-refractivity contribution in [3.8, 4) is 17.2 Å². The molecule has 3 rings (SSSR count). The Morgan fingerprint density at radius 2 is 1.82 bits per heavy atom. The lowest BCUT2D eigenvalue weighted by Crippen LogP contribution is -2.14. The maximum atomic E-state index is 10.1. The van der Waals surface area contributed by atoms with Gasteiger partial charge in [-0.05, 0) is 31.2 Å². The summed E-state index contributed by atoms with van der Waals surface area (Å²) in [4.78, 5) is 5.48. The highest BCUT2D eigenvalue weighted by molar-refractivity contribution is 7.07. The van der Waals surface area contributed by atoms with Gasteiger partial charge in [0.15, 0.2) is 4.80 Å². The summed E-state index contributed by atoms with van der Waals surface area (Å²) in [6.07, 6.45) is 0. The van der Waals surface area contributed by atoms with Crippen LogP contribution in [0.1, 0.15) is 5.69 Å². The number of benzene rings is 2. The lowest BCUT2D eigenvalue weighted by atomic mass is 10.3. The molecule has 5 heteroatoms. The second-order valence-corrected chi connectivity index (χ2v) is 5.60. The Kier molecular flexibility index (Phi) is 3.98. The number of methoxy groups -OCH3 is 1. The Bertz CT molecular complexity index is 865. The van der Waals surface area contributed by atoms with Crippen LogP contribution in [0, 0.1) is 6.92 Å². The van der Waals surface area contributed by atoms with Crippen molar-refractivity contribution in [1.82, 2.24) is 4.57 Å². The average molecular weight is 312 g/mol. The number of hydrogen-bond acceptors (Lipinski definition) is 4. The van der Waals surface area contributed by atoms with Crippen LogP contribution in [-0.4, -0.2) is 16.8 Å². The molecule has 112 valence electrons. The molecule has 0 aliphatic heterocycles. The van der Waals surface area contributed by atoms with Crippen LogP contribution in [0.2, 0.25) is 0 Å². The third-order valence-electron chi connectivity index (χ3n) is 3.30. The fourth-order valence-corrected chi connectivity index (χ4v) is 3.12. The molecule has 1 aromatic heterocycles. The quantitative estimate of drug-likeness (QED) is 0.799. The average Bonchev–Trinajstić information content (AvgIpc) is 2.89. The third-order valence-corrected chi connectivity index (χ3v) is 4.25. The van der Waals surface area contributed by atoms with Gasteiger partial charge in [-0.15, -0.1) is 11.3 Å². The van der Waals surface area contributed by atoms with E-state index in [4.69, 9.17) is 9.73 Å². The lowest BCUT2D eigenvalue weighted by Gasteiger charge is -2.08. The van der Waals surface area contributed by atoms with Gasteiger partial charge in [0.25, 0.3) is 0 Å². The van der Waals surface area contributed by atoms with E-state index in [0.29, 0.717) is 0 Å². The van der Waals surface area contributed by atoms with Crippen molar-refractivity contribution in [2.24, 2.45) is 4.99 Å². The molecule has 0 radical (unpaired) electrons. The number of aryl methyl sites for hydroxylation is 1. The van der Waals surface area contributed by atoms with Crippen molar-refractivity contribution >= 4 is 17.0 Å². The van der Waals surface area contributed by atoms with Crippen LogP contribution in [0.5, 0.6) is 11.5 Å². The fraction of sp³-hybridized carbons (Fsp3) is 0.118. The van der Waals surface area contributed by atoms with Crippen molar-refractivity contribution in [3.05, 3.63) is 64.4 Å². The number of aromatic hydroxyl groups is 1. The minimum Gasteiger partial charge on any atom is -0.506 e. The van der Waals surface area contributed by atoms with Crippen LogP contribution < -0.4 is 9.54 Å². The maximum Gasteiger partial charge on any atom is 0.195 e. The van der Waals surface area contributed by atoms with Crippen molar-refractivity contribution < 1.29 is 9.84 Å². The zero-order valence-electron chi connectivity index (χ0n) is 12.4. The summed E-state index contributed by atoms with van der Waals surface area (Å²) in [7, 11) is 1.63. The highest BCUT2D eigenvalue weighted by Gasteiger charge is 2.09. The Morgan fingerprint density at radius 1 is 1.09 bits per heavy atom. The van der Waals surface area contributed by atoms with Gasteiger partial charge in [0.2, 0.25) is 0 Å². The molecule has 0 fully saturated rings. The number of phenolic OH excluding ortho intramolecular Hbond substituents is 1. The van der Waals surface area contributed by atoms with Gasteiger partial charge in [-0.25, -0.2) is 4.99 Å². The SMILES string of the molecule is COc1ccccc1N=c1scc(C)n1-c1ccccc1O. The van der Waals surface area contributed by atoms with Crippen molar-refractivity contribution in [3.63, 3.8) is 0 Å². The number of hydrogen-bond donors (Lipinski definition) is 1. The summed E-state index contributed by atoms with van der Waals surface area (Å²) in [6, 6.07) is 14.9. The van der Waals surface area contributed by atoms with Gasteiger partial charge in [0.05, 0.1) is 12.8 Å². The van der Waals surface area contributed by atoms with E-state index in [0.717, 1.165) is 27.6 Å². The van der Waals surface area contributed by atoms with Gasteiger partial charge in [0, 0.05) is 11.1 Å². The first-order chi connectivity index (χ1) is 10.7. The van der Waals surface area contributed by atoms with E-state index in [1.54, 1.807) is 19.2 Å². The van der Waals surface area contributed by atoms with Crippen molar-refractivity contribution in [1.29, 1.82) is 0 Å². The molecule has 1 heterocycles. The van der Waals surface area contributed by atoms with E-state index < -0.39 is 0 Å². The number of thiazole rings is 1. The molecule has 0 saturated heterocycles. The summed E-state index contributed by atoms with van der Waals surface area (Å²) in [5, 5.41) is 12.1. The molecule has 0 unspecified atom stereocenters. The Hall–Kier alpha value is -2.53. The highest BCUT2D eigenvalue weighted by atomic mass is 32.1. The van der Waals surface area contributed by atoms with Crippen LogP contribution in [0.15, 0.2) is 58.9 Å². The lowest BCUT2D eigenvalue weighted by molar-refractivity contribution is 0.416. The van der Waals surface area contributed by atoms with Gasteiger partial charge in [0.1, 0.15) is 17.2 Å². The molecule has 0 aliphatic carbocycles. The Morgan fingerprint density at radius 3 is 2.59 bits per heavy atom. The molecule has 1 N–H and O–H groups in total. The molecule has 0 bridgehead atoms.